The predicted molar refractivity (Wildman–Crippen MR) is 92.7 cm³/mol. The Hall–Kier alpha value is -3.26. The standard InChI is InChI=1S/C18H14O9P/c19-15(13-7-3-1-4-8-13)11-17(21)24-26-28(23)27-25-18(22)12-16(20)14-9-5-2-6-10-14/h1-10H,11-12H2/q+1. The van der Waals surface area contributed by atoms with Gasteiger partial charge in [0.2, 0.25) is 0 Å². The van der Waals surface area contributed by atoms with Gasteiger partial charge in [0.05, 0.1) is 0 Å². The summed E-state index contributed by atoms with van der Waals surface area (Å²) in [6.07, 6.45) is -1.31. The molecule has 0 radical (unpaired) electrons. The van der Waals surface area contributed by atoms with Gasteiger partial charge in [0, 0.05) is 15.7 Å². The van der Waals surface area contributed by atoms with E-state index in [-0.39, 0.29) is 11.1 Å². The number of hydrogen-bond acceptors (Lipinski definition) is 9. The lowest BCUT2D eigenvalue weighted by molar-refractivity contribution is -0.244. The van der Waals surface area contributed by atoms with Crippen LogP contribution >= 0.6 is 8.25 Å². The molecular weight excluding hydrogens is 391 g/mol. The minimum atomic E-state index is -3.16. The van der Waals surface area contributed by atoms with Crippen molar-refractivity contribution >= 4 is 31.8 Å². The van der Waals surface area contributed by atoms with E-state index in [0.29, 0.717) is 0 Å². The highest BCUT2D eigenvalue weighted by molar-refractivity contribution is 7.33. The van der Waals surface area contributed by atoms with Crippen LogP contribution in [0.25, 0.3) is 0 Å². The summed E-state index contributed by atoms with van der Waals surface area (Å²) < 4.78 is 19.6. The molecule has 0 atom stereocenters. The van der Waals surface area contributed by atoms with Crippen LogP contribution in [0.1, 0.15) is 33.6 Å². The Morgan fingerprint density at radius 2 is 1.00 bits per heavy atom. The van der Waals surface area contributed by atoms with E-state index < -0.39 is 44.6 Å². The lowest BCUT2D eigenvalue weighted by atomic mass is 10.1. The quantitative estimate of drug-likeness (QED) is 0.193. The van der Waals surface area contributed by atoms with Gasteiger partial charge in [-0.2, -0.15) is 0 Å². The van der Waals surface area contributed by atoms with Crippen molar-refractivity contribution in [2.24, 2.45) is 0 Å². The Morgan fingerprint density at radius 1 is 0.643 bits per heavy atom. The molecule has 0 amide bonds. The maximum absolute atomic E-state index is 11.8. The second-order valence-corrected chi connectivity index (χ2v) is 5.96. The topological polar surface area (TPSA) is 122 Å². The first-order chi connectivity index (χ1) is 13.5. The largest absolute Gasteiger partial charge is 0.780 e. The fourth-order valence-electron chi connectivity index (χ4n) is 1.93. The molecule has 28 heavy (non-hydrogen) atoms. The zero-order valence-corrected chi connectivity index (χ0v) is 15.2. The summed E-state index contributed by atoms with van der Waals surface area (Å²) in [5.74, 6) is -3.30. The zero-order chi connectivity index (χ0) is 20.4. The molecule has 2 aromatic rings. The van der Waals surface area contributed by atoms with Crippen LogP contribution in [-0.2, 0) is 33.3 Å². The van der Waals surface area contributed by atoms with Gasteiger partial charge in [0.25, 0.3) is 0 Å². The van der Waals surface area contributed by atoms with E-state index in [2.05, 4.69) is 19.1 Å². The van der Waals surface area contributed by atoms with Gasteiger partial charge >= 0.3 is 20.2 Å². The van der Waals surface area contributed by atoms with Crippen LogP contribution in [0, 0.1) is 0 Å². The SMILES string of the molecule is O=C(CC(=O)c1ccccc1)OO[P+](=O)OOC(=O)CC(=O)c1ccccc1. The van der Waals surface area contributed by atoms with Crippen LogP contribution < -0.4 is 0 Å². The van der Waals surface area contributed by atoms with E-state index in [1.54, 1.807) is 36.4 Å². The Morgan fingerprint density at radius 3 is 1.36 bits per heavy atom. The Balaban J connectivity index is 1.66. The van der Waals surface area contributed by atoms with Crippen molar-refractivity contribution in [2.45, 2.75) is 12.8 Å². The van der Waals surface area contributed by atoms with Gasteiger partial charge in [-0.1, -0.05) is 60.7 Å². The second kappa shape index (κ2) is 10.8. The summed E-state index contributed by atoms with van der Waals surface area (Å²) in [6.45, 7) is 0. The van der Waals surface area contributed by atoms with Crippen molar-refractivity contribution in [1.29, 1.82) is 0 Å². The molecule has 0 saturated carbocycles. The molecule has 0 aliphatic rings. The Kier molecular flexibility index (Phi) is 8.11. The van der Waals surface area contributed by atoms with Crippen molar-refractivity contribution in [3.63, 3.8) is 0 Å². The van der Waals surface area contributed by atoms with E-state index in [1.165, 1.54) is 24.3 Å². The maximum Gasteiger partial charge on any atom is 0.780 e. The molecule has 0 heterocycles. The highest BCUT2D eigenvalue weighted by Gasteiger charge is 2.30. The van der Waals surface area contributed by atoms with E-state index in [1.807, 2.05) is 0 Å². The first-order valence-corrected chi connectivity index (χ1v) is 8.94. The second-order valence-electron chi connectivity index (χ2n) is 5.22. The highest BCUT2D eigenvalue weighted by Crippen LogP contribution is 2.25. The molecule has 144 valence electrons. The molecule has 0 aliphatic carbocycles. The highest BCUT2D eigenvalue weighted by atomic mass is 31.1. The molecule has 0 aromatic heterocycles. The molecule has 2 rings (SSSR count). The summed E-state index contributed by atoms with van der Waals surface area (Å²) in [6, 6.07) is 15.9. The lowest BCUT2D eigenvalue weighted by Crippen LogP contribution is -2.12. The van der Waals surface area contributed by atoms with Gasteiger partial charge in [-0.05, 0) is 0 Å². The van der Waals surface area contributed by atoms with Crippen LogP contribution in [0.3, 0.4) is 0 Å². The van der Waals surface area contributed by atoms with Gasteiger partial charge in [-0.15, -0.1) is 0 Å². The fraction of sp³-hybridized carbons (Fsp3) is 0.111. The Bertz CT molecular complexity index is 794. The lowest BCUT2D eigenvalue weighted by Gasteiger charge is -1.98. The number of carbonyl (C=O) groups excluding carboxylic acids is 4. The van der Waals surface area contributed by atoms with E-state index in [4.69, 9.17) is 0 Å². The summed E-state index contributed by atoms with van der Waals surface area (Å²) in [7, 11) is -3.16. The molecule has 0 aliphatic heterocycles. The Labute approximate surface area is 160 Å². The zero-order valence-electron chi connectivity index (χ0n) is 14.3. The van der Waals surface area contributed by atoms with Crippen molar-refractivity contribution in [3.05, 3.63) is 71.8 Å². The average molecular weight is 405 g/mol. The van der Waals surface area contributed by atoms with Crippen molar-refractivity contribution in [1.82, 2.24) is 0 Å². The first kappa shape index (κ1) is 21.0. The van der Waals surface area contributed by atoms with Crippen LogP contribution in [0.5, 0.6) is 0 Å². The third kappa shape index (κ3) is 7.16. The smallest absolute Gasteiger partial charge is 0.294 e. The number of ketones is 2. The molecule has 0 fully saturated rings. The van der Waals surface area contributed by atoms with Crippen LogP contribution in [0.4, 0.5) is 0 Å². The van der Waals surface area contributed by atoms with Crippen molar-refractivity contribution in [3.8, 4) is 0 Å². The molecule has 0 spiro atoms. The van der Waals surface area contributed by atoms with E-state index in [0.717, 1.165) is 0 Å². The van der Waals surface area contributed by atoms with Gasteiger partial charge in [0.1, 0.15) is 22.2 Å². The average Bonchev–Trinajstić information content (AvgIpc) is 2.72. The van der Waals surface area contributed by atoms with Crippen molar-refractivity contribution in [2.75, 3.05) is 0 Å². The molecule has 9 nitrogen and oxygen atoms in total. The van der Waals surface area contributed by atoms with E-state index >= 15 is 0 Å². The molecule has 0 N–H and O–H groups in total. The summed E-state index contributed by atoms with van der Waals surface area (Å²) in [5, 5.41) is 0. The van der Waals surface area contributed by atoms with E-state index in [9.17, 15) is 23.7 Å². The summed E-state index contributed by atoms with van der Waals surface area (Å²) >= 11 is 0. The molecular formula is C18H14O9P+. The van der Waals surface area contributed by atoms with Gasteiger partial charge in [-0.25, -0.2) is 9.59 Å². The number of carbonyl (C=O) groups is 4. The number of benzene rings is 2. The van der Waals surface area contributed by atoms with Crippen LogP contribution in [-0.4, -0.2) is 23.5 Å². The molecule has 0 unspecified atom stereocenters. The van der Waals surface area contributed by atoms with Crippen LogP contribution in [0.15, 0.2) is 60.7 Å². The number of hydrogen-bond donors (Lipinski definition) is 0. The molecule has 0 bridgehead atoms. The van der Waals surface area contributed by atoms with Crippen molar-refractivity contribution < 1.29 is 42.9 Å². The molecule has 0 saturated heterocycles. The van der Waals surface area contributed by atoms with Gasteiger partial charge in [0.15, 0.2) is 11.6 Å². The van der Waals surface area contributed by atoms with Gasteiger partial charge < -0.3 is 0 Å². The maximum atomic E-state index is 11.8. The monoisotopic (exact) mass is 405 g/mol. The first-order valence-electron chi connectivity index (χ1n) is 7.84. The molecule has 2 aromatic carbocycles. The minimum Gasteiger partial charge on any atom is -0.294 e. The number of rotatable bonds is 10. The third-order valence-electron chi connectivity index (χ3n) is 3.18. The predicted octanol–water partition coefficient (Wildman–Crippen LogP) is 3.14. The summed E-state index contributed by atoms with van der Waals surface area (Å²) in [4.78, 5) is 54.8. The minimum absolute atomic E-state index is 0.289. The molecule has 10 heteroatoms. The van der Waals surface area contributed by atoms with Crippen LogP contribution in [0.2, 0.25) is 0 Å². The third-order valence-corrected chi connectivity index (χ3v) is 3.58. The fourth-order valence-corrected chi connectivity index (χ4v) is 2.24. The van der Waals surface area contributed by atoms with Gasteiger partial charge in [-0.3, -0.25) is 19.4 Å². The normalized spacial score (nSPS) is 10.0. The summed E-state index contributed by atoms with van der Waals surface area (Å²) in [5.41, 5.74) is 0.578. The number of Topliss-reactive ketones (excluding diaryl/α,β-unsaturated/α-hetero) is 2.